The number of hydrogen-bond acceptors (Lipinski definition) is 1. The van der Waals surface area contributed by atoms with Crippen molar-refractivity contribution in [3.05, 3.63) is 48.0 Å². The third-order valence-corrected chi connectivity index (χ3v) is 3.32. The van der Waals surface area contributed by atoms with E-state index in [9.17, 15) is 13.6 Å². The molecule has 0 radical (unpaired) electrons. The Kier molecular flexibility index (Phi) is 4.32. The highest BCUT2D eigenvalue weighted by atomic mass is 19.3. The van der Waals surface area contributed by atoms with Gasteiger partial charge < -0.3 is 5.11 Å². The van der Waals surface area contributed by atoms with Crippen molar-refractivity contribution in [1.82, 2.24) is 0 Å². The lowest BCUT2D eigenvalue weighted by atomic mass is 9.96. The second kappa shape index (κ2) is 5.99. The second-order valence-corrected chi connectivity index (χ2v) is 4.83. The van der Waals surface area contributed by atoms with E-state index in [1.807, 2.05) is 6.07 Å². The first-order chi connectivity index (χ1) is 9.50. The molecule has 0 heterocycles. The third kappa shape index (κ3) is 3.32. The smallest absolute Gasteiger partial charge is 0.303 e. The molecule has 0 bridgehead atoms. The molecule has 0 aliphatic rings. The van der Waals surface area contributed by atoms with Crippen LogP contribution in [0.2, 0.25) is 0 Å². The normalized spacial score (nSPS) is 11.7. The van der Waals surface area contributed by atoms with Gasteiger partial charge in [0.15, 0.2) is 0 Å². The minimum absolute atomic E-state index is 0.0194. The molecule has 0 aliphatic heterocycles. The standard InChI is InChI=1S/C16H16F2O2/c17-16(18,11-4-3-10-15(19)20)14-9-5-7-12-6-1-2-8-13(12)14/h1-2,5-9H,3-4,10-11H2,(H,19,20). The molecule has 0 spiro atoms. The molecule has 0 amide bonds. The Bertz CT molecular complexity index is 603. The van der Waals surface area contributed by atoms with Crippen LogP contribution >= 0.6 is 0 Å². The van der Waals surface area contributed by atoms with Crippen LogP contribution in [0.1, 0.15) is 31.2 Å². The number of aliphatic carboxylic acids is 1. The first-order valence-electron chi connectivity index (χ1n) is 6.58. The lowest BCUT2D eigenvalue weighted by Gasteiger charge is -2.18. The molecule has 0 unspecified atom stereocenters. The number of benzene rings is 2. The number of fused-ring (bicyclic) bond motifs is 1. The Morgan fingerprint density at radius 1 is 1.05 bits per heavy atom. The highest BCUT2D eigenvalue weighted by Gasteiger charge is 2.32. The van der Waals surface area contributed by atoms with Crippen LogP contribution in [0.4, 0.5) is 8.78 Å². The van der Waals surface area contributed by atoms with Gasteiger partial charge in [-0.05, 0) is 23.6 Å². The van der Waals surface area contributed by atoms with Crippen LogP contribution < -0.4 is 0 Å². The lowest BCUT2D eigenvalue weighted by Crippen LogP contribution is -2.14. The number of rotatable bonds is 6. The minimum atomic E-state index is -2.93. The van der Waals surface area contributed by atoms with Gasteiger partial charge in [0.05, 0.1) is 0 Å². The molecule has 0 atom stereocenters. The summed E-state index contributed by atoms with van der Waals surface area (Å²) in [6.45, 7) is 0. The molecule has 106 valence electrons. The van der Waals surface area contributed by atoms with Gasteiger partial charge >= 0.3 is 5.97 Å². The predicted molar refractivity (Wildman–Crippen MR) is 73.9 cm³/mol. The quantitative estimate of drug-likeness (QED) is 0.785. The zero-order chi connectivity index (χ0) is 14.6. The van der Waals surface area contributed by atoms with Gasteiger partial charge in [0, 0.05) is 18.4 Å². The average molecular weight is 278 g/mol. The molecular weight excluding hydrogens is 262 g/mol. The summed E-state index contributed by atoms with van der Waals surface area (Å²) in [6.07, 6.45) is 0.0815. The van der Waals surface area contributed by atoms with Crippen LogP contribution in [0.25, 0.3) is 10.8 Å². The van der Waals surface area contributed by atoms with Crippen LogP contribution in [0.5, 0.6) is 0 Å². The molecule has 2 rings (SSSR count). The van der Waals surface area contributed by atoms with Gasteiger partial charge in [0.2, 0.25) is 0 Å². The van der Waals surface area contributed by atoms with Gasteiger partial charge in [0.1, 0.15) is 0 Å². The maximum absolute atomic E-state index is 14.3. The summed E-state index contributed by atoms with van der Waals surface area (Å²) in [5.41, 5.74) is 0.0194. The van der Waals surface area contributed by atoms with Crippen LogP contribution in [-0.4, -0.2) is 11.1 Å². The van der Waals surface area contributed by atoms with Gasteiger partial charge in [-0.2, -0.15) is 0 Å². The van der Waals surface area contributed by atoms with Gasteiger partial charge in [-0.3, -0.25) is 4.79 Å². The number of unbranched alkanes of at least 4 members (excludes halogenated alkanes) is 1. The summed E-state index contributed by atoms with van der Waals surface area (Å²) in [5.74, 6) is -3.88. The molecule has 20 heavy (non-hydrogen) atoms. The molecule has 2 nitrogen and oxygen atoms in total. The predicted octanol–water partition coefficient (Wildman–Crippen LogP) is 4.58. The van der Waals surface area contributed by atoms with Crippen molar-refractivity contribution in [2.24, 2.45) is 0 Å². The van der Waals surface area contributed by atoms with Crippen LogP contribution in [0.15, 0.2) is 42.5 Å². The summed E-state index contributed by atoms with van der Waals surface area (Å²) in [7, 11) is 0. The number of carbonyl (C=O) groups is 1. The fraction of sp³-hybridized carbons (Fsp3) is 0.312. The fourth-order valence-electron chi connectivity index (χ4n) is 2.30. The second-order valence-electron chi connectivity index (χ2n) is 4.83. The van der Waals surface area contributed by atoms with E-state index < -0.39 is 11.9 Å². The first kappa shape index (κ1) is 14.4. The van der Waals surface area contributed by atoms with E-state index in [0.29, 0.717) is 5.39 Å². The Hall–Kier alpha value is -1.97. The van der Waals surface area contributed by atoms with Crippen LogP contribution in [0, 0.1) is 0 Å². The number of alkyl halides is 2. The summed E-state index contributed by atoms with van der Waals surface area (Å²) < 4.78 is 28.5. The summed E-state index contributed by atoms with van der Waals surface area (Å²) in [4.78, 5) is 10.4. The molecular formula is C16H16F2O2. The SMILES string of the molecule is O=C(O)CCCCC(F)(F)c1cccc2ccccc12. The van der Waals surface area contributed by atoms with E-state index in [-0.39, 0.29) is 31.2 Å². The molecule has 0 saturated carbocycles. The van der Waals surface area contributed by atoms with Gasteiger partial charge in [0.25, 0.3) is 5.92 Å². The van der Waals surface area contributed by atoms with Gasteiger partial charge in [-0.15, -0.1) is 0 Å². The fourth-order valence-corrected chi connectivity index (χ4v) is 2.30. The Labute approximate surface area is 116 Å². The summed E-state index contributed by atoms with van der Waals surface area (Å²) in [5, 5.41) is 9.85. The molecule has 1 N–H and O–H groups in total. The van der Waals surface area contributed by atoms with Crippen molar-refractivity contribution in [1.29, 1.82) is 0 Å². The molecule has 2 aromatic rings. The molecule has 0 aromatic heterocycles. The molecule has 0 fully saturated rings. The summed E-state index contributed by atoms with van der Waals surface area (Å²) >= 11 is 0. The van der Waals surface area contributed by atoms with E-state index in [0.717, 1.165) is 5.39 Å². The highest BCUT2D eigenvalue weighted by molar-refractivity contribution is 5.86. The van der Waals surface area contributed by atoms with E-state index in [1.54, 1.807) is 30.3 Å². The van der Waals surface area contributed by atoms with Gasteiger partial charge in [-0.25, -0.2) is 8.78 Å². The van der Waals surface area contributed by atoms with Crippen molar-refractivity contribution < 1.29 is 18.7 Å². The van der Waals surface area contributed by atoms with Crippen LogP contribution in [0.3, 0.4) is 0 Å². The highest BCUT2D eigenvalue weighted by Crippen LogP contribution is 2.37. The lowest BCUT2D eigenvalue weighted by molar-refractivity contribution is -0.137. The zero-order valence-corrected chi connectivity index (χ0v) is 11.0. The van der Waals surface area contributed by atoms with Crippen molar-refractivity contribution in [3.8, 4) is 0 Å². The molecule has 4 heteroatoms. The maximum Gasteiger partial charge on any atom is 0.303 e. The molecule has 2 aromatic carbocycles. The van der Waals surface area contributed by atoms with Crippen molar-refractivity contribution >= 4 is 16.7 Å². The molecule has 0 saturated heterocycles. The third-order valence-electron chi connectivity index (χ3n) is 3.32. The number of hydrogen-bond donors (Lipinski definition) is 1. The number of halogens is 2. The molecule has 0 aliphatic carbocycles. The van der Waals surface area contributed by atoms with Gasteiger partial charge in [-0.1, -0.05) is 42.5 Å². The van der Waals surface area contributed by atoms with Crippen molar-refractivity contribution in [2.75, 3.05) is 0 Å². The average Bonchev–Trinajstić information content (AvgIpc) is 2.43. The van der Waals surface area contributed by atoms with E-state index in [2.05, 4.69) is 0 Å². The Morgan fingerprint density at radius 2 is 1.75 bits per heavy atom. The van der Waals surface area contributed by atoms with E-state index in [1.165, 1.54) is 6.07 Å². The number of carboxylic acid groups (broad SMARTS) is 1. The van der Waals surface area contributed by atoms with Crippen LogP contribution in [-0.2, 0) is 10.7 Å². The minimum Gasteiger partial charge on any atom is -0.481 e. The summed E-state index contributed by atoms with van der Waals surface area (Å²) in [6, 6.07) is 11.9. The van der Waals surface area contributed by atoms with Crippen molar-refractivity contribution in [2.45, 2.75) is 31.6 Å². The number of carboxylic acids is 1. The largest absolute Gasteiger partial charge is 0.481 e. The Morgan fingerprint density at radius 3 is 2.50 bits per heavy atom. The zero-order valence-electron chi connectivity index (χ0n) is 11.0. The topological polar surface area (TPSA) is 37.3 Å². The first-order valence-corrected chi connectivity index (χ1v) is 6.58. The Balaban J connectivity index is 2.16. The maximum atomic E-state index is 14.3. The monoisotopic (exact) mass is 278 g/mol. The van der Waals surface area contributed by atoms with E-state index >= 15 is 0 Å². The van der Waals surface area contributed by atoms with E-state index in [4.69, 9.17) is 5.11 Å². The van der Waals surface area contributed by atoms with Crippen molar-refractivity contribution in [3.63, 3.8) is 0 Å².